The SMILES string of the molecule is CNC(Cc1cncs1)c1c(F)c(F)c(F)c(F)c1F. The molecule has 108 valence electrons. The molecule has 0 bridgehead atoms. The highest BCUT2D eigenvalue weighted by molar-refractivity contribution is 7.09. The van der Waals surface area contributed by atoms with Crippen LogP contribution in [0.5, 0.6) is 0 Å². The molecular formula is C12H9F5N2S. The molecule has 0 amide bonds. The van der Waals surface area contributed by atoms with Crippen molar-refractivity contribution in [3.63, 3.8) is 0 Å². The molecule has 2 nitrogen and oxygen atoms in total. The third-order valence-electron chi connectivity index (χ3n) is 2.83. The highest BCUT2D eigenvalue weighted by atomic mass is 32.1. The van der Waals surface area contributed by atoms with Gasteiger partial charge in [0.25, 0.3) is 0 Å². The predicted molar refractivity (Wildman–Crippen MR) is 63.9 cm³/mol. The number of hydrogen-bond donors (Lipinski definition) is 1. The monoisotopic (exact) mass is 308 g/mol. The van der Waals surface area contributed by atoms with Crippen LogP contribution in [-0.4, -0.2) is 12.0 Å². The maximum absolute atomic E-state index is 13.7. The summed E-state index contributed by atoms with van der Waals surface area (Å²) in [6.45, 7) is 0. The molecule has 0 aliphatic carbocycles. The van der Waals surface area contributed by atoms with Crippen molar-refractivity contribution in [2.45, 2.75) is 12.5 Å². The van der Waals surface area contributed by atoms with E-state index >= 15 is 0 Å². The summed E-state index contributed by atoms with van der Waals surface area (Å²) in [5.41, 5.74) is 0.651. The number of benzene rings is 1. The number of halogens is 5. The van der Waals surface area contributed by atoms with Gasteiger partial charge in [0, 0.05) is 29.1 Å². The van der Waals surface area contributed by atoms with Gasteiger partial charge in [-0.2, -0.15) is 0 Å². The number of likely N-dealkylation sites (N-methyl/N-ethyl adjacent to an activating group) is 1. The van der Waals surface area contributed by atoms with Crippen molar-refractivity contribution in [3.8, 4) is 0 Å². The van der Waals surface area contributed by atoms with Gasteiger partial charge in [0.15, 0.2) is 23.3 Å². The number of thiazole rings is 1. The first kappa shape index (κ1) is 14.9. The summed E-state index contributed by atoms with van der Waals surface area (Å²) in [6, 6.07) is -1.04. The maximum Gasteiger partial charge on any atom is 0.200 e. The molecule has 8 heteroatoms. The van der Waals surface area contributed by atoms with Crippen molar-refractivity contribution in [1.82, 2.24) is 10.3 Å². The number of rotatable bonds is 4. The quantitative estimate of drug-likeness (QED) is 0.532. The van der Waals surface area contributed by atoms with E-state index in [9.17, 15) is 22.0 Å². The molecule has 1 N–H and O–H groups in total. The number of aromatic nitrogens is 1. The molecule has 1 heterocycles. The van der Waals surface area contributed by atoms with E-state index in [1.807, 2.05) is 0 Å². The predicted octanol–water partition coefficient (Wildman–Crippen LogP) is 3.34. The van der Waals surface area contributed by atoms with Crippen molar-refractivity contribution < 1.29 is 22.0 Å². The van der Waals surface area contributed by atoms with E-state index in [0.29, 0.717) is 4.88 Å². The van der Waals surface area contributed by atoms with E-state index in [0.717, 1.165) is 0 Å². The van der Waals surface area contributed by atoms with Crippen molar-refractivity contribution in [2.24, 2.45) is 0 Å². The van der Waals surface area contributed by atoms with Crippen LogP contribution < -0.4 is 5.32 Å². The average molecular weight is 308 g/mol. The molecule has 0 spiro atoms. The lowest BCUT2D eigenvalue weighted by molar-refractivity contribution is 0.358. The van der Waals surface area contributed by atoms with Gasteiger partial charge in [0.1, 0.15) is 0 Å². The summed E-state index contributed by atoms with van der Waals surface area (Å²) in [5, 5.41) is 2.56. The highest BCUT2D eigenvalue weighted by Gasteiger charge is 2.30. The molecule has 2 rings (SSSR count). The lowest BCUT2D eigenvalue weighted by Crippen LogP contribution is -2.23. The van der Waals surface area contributed by atoms with Gasteiger partial charge in [-0.15, -0.1) is 11.3 Å². The van der Waals surface area contributed by atoms with Gasteiger partial charge in [-0.3, -0.25) is 4.98 Å². The largest absolute Gasteiger partial charge is 0.313 e. The molecule has 20 heavy (non-hydrogen) atoms. The van der Waals surface area contributed by atoms with E-state index in [2.05, 4.69) is 10.3 Å². The van der Waals surface area contributed by atoms with Gasteiger partial charge < -0.3 is 5.32 Å². The Morgan fingerprint density at radius 1 is 1.05 bits per heavy atom. The second-order valence-corrected chi connectivity index (χ2v) is 4.97. The van der Waals surface area contributed by atoms with Gasteiger partial charge >= 0.3 is 0 Å². The van der Waals surface area contributed by atoms with Crippen LogP contribution >= 0.6 is 11.3 Å². The van der Waals surface area contributed by atoms with Crippen LogP contribution in [0.25, 0.3) is 0 Å². The van der Waals surface area contributed by atoms with Crippen LogP contribution in [0.3, 0.4) is 0 Å². The molecule has 0 saturated heterocycles. The van der Waals surface area contributed by atoms with Crippen molar-refractivity contribution in [3.05, 3.63) is 51.2 Å². The van der Waals surface area contributed by atoms with Crippen LogP contribution in [0, 0.1) is 29.1 Å². The zero-order chi connectivity index (χ0) is 14.9. The highest BCUT2D eigenvalue weighted by Crippen LogP contribution is 2.30. The molecule has 0 aliphatic heterocycles. The second kappa shape index (κ2) is 5.84. The van der Waals surface area contributed by atoms with Crippen LogP contribution in [0.1, 0.15) is 16.5 Å². The fraction of sp³-hybridized carbons (Fsp3) is 0.250. The van der Waals surface area contributed by atoms with Crippen molar-refractivity contribution in [2.75, 3.05) is 7.05 Å². The van der Waals surface area contributed by atoms with Crippen LogP contribution in [0.4, 0.5) is 22.0 Å². The Balaban J connectivity index is 2.49. The van der Waals surface area contributed by atoms with E-state index in [4.69, 9.17) is 0 Å². The number of nitrogens with zero attached hydrogens (tertiary/aromatic N) is 1. The Kier molecular flexibility index (Phi) is 4.34. The summed E-state index contributed by atoms with van der Waals surface area (Å²) in [4.78, 5) is 4.45. The molecule has 0 saturated carbocycles. The summed E-state index contributed by atoms with van der Waals surface area (Å²) in [5.74, 6) is -9.67. The smallest absolute Gasteiger partial charge is 0.200 e. The Morgan fingerprint density at radius 3 is 2.05 bits per heavy atom. The fourth-order valence-electron chi connectivity index (χ4n) is 1.82. The molecule has 0 fully saturated rings. The summed E-state index contributed by atoms with van der Waals surface area (Å²) < 4.78 is 66.7. The Hall–Kier alpha value is -1.54. The normalized spacial score (nSPS) is 12.7. The Labute approximate surface area is 115 Å². The van der Waals surface area contributed by atoms with Crippen LogP contribution in [-0.2, 0) is 6.42 Å². The first-order valence-electron chi connectivity index (χ1n) is 5.53. The molecule has 2 aromatic rings. The van der Waals surface area contributed by atoms with Gasteiger partial charge in [-0.25, -0.2) is 22.0 Å². The number of nitrogens with one attached hydrogen (secondary N) is 1. The molecule has 0 radical (unpaired) electrons. The third kappa shape index (κ3) is 2.53. The molecular weight excluding hydrogens is 299 g/mol. The lowest BCUT2D eigenvalue weighted by atomic mass is 10.0. The van der Waals surface area contributed by atoms with Crippen molar-refractivity contribution >= 4 is 11.3 Å². The van der Waals surface area contributed by atoms with Gasteiger partial charge in [-0.05, 0) is 7.05 Å². The Morgan fingerprint density at radius 2 is 1.60 bits per heavy atom. The lowest BCUT2D eigenvalue weighted by Gasteiger charge is -2.18. The minimum atomic E-state index is -2.16. The van der Waals surface area contributed by atoms with Gasteiger partial charge in [0.2, 0.25) is 5.82 Å². The topological polar surface area (TPSA) is 24.9 Å². The molecule has 1 aromatic carbocycles. The van der Waals surface area contributed by atoms with Crippen LogP contribution in [0.15, 0.2) is 11.7 Å². The minimum Gasteiger partial charge on any atom is -0.313 e. The third-order valence-corrected chi connectivity index (χ3v) is 3.63. The van der Waals surface area contributed by atoms with E-state index < -0.39 is 40.7 Å². The zero-order valence-corrected chi connectivity index (χ0v) is 11.0. The average Bonchev–Trinajstić information content (AvgIpc) is 2.95. The number of hydrogen-bond acceptors (Lipinski definition) is 3. The first-order chi connectivity index (χ1) is 9.47. The van der Waals surface area contributed by atoms with E-state index in [1.54, 1.807) is 0 Å². The van der Waals surface area contributed by atoms with Crippen molar-refractivity contribution in [1.29, 1.82) is 0 Å². The second-order valence-electron chi connectivity index (χ2n) is 4.00. The van der Waals surface area contributed by atoms with Gasteiger partial charge in [0.05, 0.1) is 5.51 Å². The minimum absolute atomic E-state index is 0.0690. The Bertz CT molecular complexity index is 586. The maximum atomic E-state index is 13.7. The van der Waals surface area contributed by atoms with E-state index in [1.165, 1.54) is 30.1 Å². The zero-order valence-electron chi connectivity index (χ0n) is 10.2. The van der Waals surface area contributed by atoms with Crippen LogP contribution in [0.2, 0.25) is 0 Å². The molecule has 0 aliphatic rings. The standard InChI is InChI=1S/C12H9F5N2S/c1-18-6(2-5-3-19-4-20-5)7-8(13)10(15)12(17)11(16)9(7)14/h3-4,6,18H,2H2,1H3. The molecule has 1 aromatic heterocycles. The summed E-state index contributed by atoms with van der Waals surface area (Å²) in [7, 11) is 1.38. The fourth-order valence-corrected chi connectivity index (χ4v) is 2.46. The van der Waals surface area contributed by atoms with E-state index in [-0.39, 0.29) is 6.42 Å². The van der Waals surface area contributed by atoms with Gasteiger partial charge in [-0.1, -0.05) is 0 Å². The summed E-state index contributed by atoms with van der Waals surface area (Å²) >= 11 is 1.23. The molecule has 1 atom stereocenters. The molecule has 1 unspecified atom stereocenters. The first-order valence-corrected chi connectivity index (χ1v) is 6.41. The summed E-state index contributed by atoms with van der Waals surface area (Å²) in [6.07, 6.45) is 1.54.